The standard InChI is InChI=1S/C8H11B/c1-2-7-4-3-5-8(9)6-7/h3-6H,2,9H2,1H3. The Kier molecular flexibility index (Phi) is 1.94. The van der Waals surface area contributed by atoms with Crippen LogP contribution in [0.4, 0.5) is 0 Å². The van der Waals surface area contributed by atoms with Gasteiger partial charge in [-0.25, -0.2) is 0 Å². The molecule has 9 heavy (non-hydrogen) atoms. The molecule has 1 rings (SSSR count). The maximum Gasteiger partial charge on any atom is 0.139 e. The van der Waals surface area contributed by atoms with Crippen LogP contribution in [0.2, 0.25) is 0 Å². The van der Waals surface area contributed by atoms with E-state index in [1.165, 1.54) is 11.0 Å². The summed E-state index contributed by atoms with van der Waals surface area (Å²) in [6, 6.07) is 8.61. The maximum absolute atomic E-state index is 2.22. The van der Waals surface area contributed by atoms with Gasteiger partial charge in [-0.1, -0.05) is 36.7 Å². The molecule has 0 aliphatic heterocycles. The van der Waals surface area contributed by atoms with Gasteiger partial charge in [-0.3, -0.25) is 0 Å². The molecule has 0 aromatic heterocycles. The Bertz CT molecular complexity index is 194. The van der Waals surface area contributed by atoms with Crippen molar-refractivity contribution in [2.24, 2.45) is 0 Å². The smallest absolute Gasteiger partial charge is 0.0887 e. The van der Waals surface area contributed by atoms with Crippen LogP contribution in [-0.2, 0) is 6.42 Å². The molecule has 1 aromatic rings. The van der Waals surface area contributed by atoms with Crippen molar-refractivity contribution < 1.29 is 0 Å². The molecule has 0 N–H and O–H groups in total. The van der Waals surface area contributed by atoms with Crippen molar-refractivity contribution in [2.45, 2.75) is 13.3 Å². The highest BCUT2D eigenvalue weighted by molar-refractivity contribution is 6.32. The number of aryl methyl sites for hydroxylation is 1. The molecule has 0 spiro atoms. The predicted molar refractivity (Wildman–Crippen MR) is 44.0 cm³/mol. The Labute approximate surface area is 57.3 Å². The first-order valence-corrected chi connectivity index (χ1v) is 3.38. The number of benzene rings is 1. The quantitative estimate of drug-likeness (QED) is 0.471. The van der Waals surface area contributed by atoms with Crippen molar-refractivity contribution >= 4 is 13.3 Å². The van der Waals surface area contributed by atoms with Crippen LogP contribution in [0, 0.1) is 0 Å². The zero-order valence-electron chi connectivity index (χ0n) is 6.02. The van der Waals surface area contributed by atoms with Gasteiger partial charge in [0.2, 0.25) is 0 Å². The summed E-state index contributed by atoms with van der Waals surface area (Å²) in [7, 11) is 2.12. The minimum Gasteiger partial charge on any atom is -0.0887 e. The lowest BCUT2D eigenvalue weighted by molar-refractivity contribution is 1.14. The van der Waals surface area contributed by atoms with Crippen LogP contribution in [0.25, 0.3) is 0 Å². The minimum absolute atomic E-state index is 1.14. The van der Waals surface area contributed by atoms with Crippen LogP contribution < -0.4 is 5.46 Å². The summed E-state index contributed by atoms with van der Waals surface area (Å²) < 4.78 is 0. The average Bonchev–Trinajstić information content (AvgIpc) is 1.88. The summed E-state index contributed by atoms with van der Waals surface area (Å²) in [5.41, 5.74) is 2.78. The fourth-order valence-electron chi connectivity index (χ4n) is 0.932. The van der Waals surface area contributed by atoms with Gasteiger partial charge in [0.05, 0.1) is 0 Å². The summed E-state index contributed by atoms with van der Waals surface area (Å²) in [5, 5.41) is 0. The Morgan fingerprint density at radius 1 is 1.44 bits per heavy atom. The van der Waals surface area contributed by atoms with E-state index in [1.807, 2.05) is 0 Å². The normalized spacial score (nSPS) is 9.44. The van der Waals surface area contributed by atoms with Gasteiger partial charge in [0.1, 0.15) is 7.85 Å². The molecule has 0 heterocycles. The summed E-state index contributed by atoms with van der Waals surface area (Å²) in [6.07, 6.45) is 1.14. The molecule has 0 nitrogen and oxygen atoms in total. The predicted octanol–water partition coefficient (Wildman–Crippen LogP) is 0.507. The molecular weight excluding hydrogens is 107 g/mol. The average molecular weight is 118 g/mol. The van der Waals surface area contributed by atoms with E-state index in [2.05, 4.69) is 39.0 Å². The van der Waals surface area contributed by atoms with Crippen molar-refractivity contribution in [2.75, 3.05) is 0 Å². The lowest BCUT2D eigenvalue weighted by Gasteiger charge is -1.95. The molecular formula is C8H11B. The van der Waals surface area contributed by atoms with Gasteiger partial charge in [0.15, 0.2) is 0 Å². The van der Waals surface area contributed by atoms with Crippen molar-refractivity contribution in [3.05, 3.63) is 29.8 Å². The molecule has 0 amide bonds. The fourth-order valence-corrected chi connectivity index (χ4v) is 0.932. The zero-order valence-corrected chi connectivity index (χ0v) is 6.02. The Morgan fingerprint density at radius 2 is 2.22 bits per heavy atom. The highest BCUT2D eigenvalue weighted by Gasteiger charge is 1.85. The van der Waals surface area contributed by atoms with Crippen LogP contribution in [0.15, 0.2) is 24.3 Å². The van der Waals surface area contributed by atoms with Gasteiger partial charge in [-0.15, -0.1) is 0 Å². The molecule has 0 bridgehead atoms. The van der Waals surface area contributed by atoms with Gasteiger partial charge >= 0.3 is 0 Å². The summed E-state index contributed by atoms with van der Waals surface area (Å²) in [4.78, 5) is 0. The molecule has 1 aromatic carbocycles. The van der Waals surface area contributed by atoms with E-state index in [4.69, 9.17) is 0 Å². The third-order valence-corrected chi connectivity index (χ3v) is 1.49. The van der Waals surface area contributed by atoms with E-state index in [0.717, 1.165) is 6.42 Å². The third-order valence-electron chi connectivity index (χ3n) is 1.49. The molecule has 46 valence electrons. The lowest BCUT2D eigenvalue weighted by atomic mass is 9.94. The highest BCUT2D eigenvalue weighted by Crippen LogP contribution is 1.94. The number of hydrogen-bond acceptors (Lipinski definition) is 0. The van der Waals surface area contributed by atoms with Crippen LogP contribution in [-0.4, -0.2) is 7.85 Å². The van der Waals surface area contributed by atoms with Crippen LogP contribution in [0.1, 0.15) is 12.5 Å². The van der Waals surface area contributed by atoms with Gasteiger partial charge < -0.3 is 0 Å². The summed E-state index contributed by atoms with van der Waals surface area (Å²) >= 11 is 0. The van der Waals surface area contributed by atoms with Crippen LogP contribution >= 0.6 is 0 Å². The molecule has 0 aliphatic carbocycles. The molecule has 0 saturated carbocycles. The van der Waals surface area contributed by atoms with E-state index < -0.39 is 0 Å². The summed E-state index contributed by atoms with van der Waals surface area (Å²) in [6.45, 7) is 2.18. The van der Waals surface area contributed by atoms with Crippen LogP contribution in [0.3, 0.4) is 0 Å². The minimum atomic E-state index is 1.14. The molecule has 0 saturated heterocycles. The highest BCUT2D eigenvalue weighted by atomic mass is 13.9. The first kappa shape index (κ1) is 6.41. The Balaban J connectivity index is 2.94. The maximum atomic E-state index is 2.22. The molecule has 0 unspecified atom stereocenters. The number of hydrogen-bond donors (Lipinski definition) is 0. The Morgan fingerprint density at radius 3 is 2.67 bits per heavy atom. The van der Waals surface area contributed by atoms with Gasteiger partial charge in [-0.05, 0) is 12.0 Å². The topological polar surface area (TPSA) is 0 Å². The zero-order chi connectivity index (χ0) is 6.69. The lowest BCUT2D eigenvalue weighted by Crippen LogP contribution is -2.01. The Hall–Kier alpha value is -0.715. The largest absolute Gasteiger partial charge is 0.139 e. The monoisotopic (exact) mass is 118 g/mol. The SMILES string of the molecule is Bc1cccc(CC)c1. The van der Waals surface area contributed by atoms with Gasteiger partial charge in [0, 0.05) is 0 Å². The van der Waals surface area contributed by atoms with E-state index in [0.29, 0.717) is 0 Å². The van der Waals surface area contributed by atoms with Crippen molar-refractivity contribution in [3.8, 4) is 0 Å². The van der Waals surface area contributed by atoms with Crippen molar-refractivity contribution in [3.63, 3.8) is 0 Å². The first-order chi connectivity index (χ1) is 4.33. The van der Waals surface area contributed by atoms with E-state index in [1.54, 1.807) is 0 Å². The van der Waals surface area contributed by atoms with Crippen molar-refractivity contribution in [1.82, 2.24) is 0 Å². The fraction of sp³-hybridized carbons (Fsp3) is 0.250. The molecule has 1 heteroatoms. The second kappa shape index (κ2) is 2.72. The van der Waals surface area contributed by atoms with Gasteiger partial charge in [-0.2, -0.15) is 0 Å². The van der Waals surface area contributed by atoms with E-state index in [-0.39, 0.29) is 0 Å². The van der Waals surface area contributed by atoms with Crippen LogP contribution in [0.5, 0.6) is 0 Å². The molecule has 0 fully saturated rings. The summed E-state index contributed by atoms with van der Waals surface area (Å²) in [5.74, 6) is 0. The van der Waals surface area contributed by atoms with Gasteiger partial charge in [0.25, 0.3) is 0 Å². The third kappa shape index (κ3) is 1.60. The molecule has 0 radical (unpaired) electrons. The van der Waals surface area contributed by atoms with E-state index in [9.17, 15) is 0 Å². The number of rotatable bonds is 1. The first-order valence-electron chi connectivity index (χ1n) is 3.38. The second-order valence-corrected chi connectivity index (χ2v) is 2.34. The molecule has 0 atom stereocenters. The van der Waals surface area contributed by atoms with E-state index >= 15 is 0 Å². The second-order valence-electron chi connectivity index (χ2n) is 2.34. The van der Waals surface area contributed by atoms with Crippen molar-refractivity contribution in [1.29, 1.82) is 0 Å². The molecule has 0 aliphatic rings.